The fourth-order valence-corrected chi connectivity index (χ4v) is 4.01. The maximum atomic E-state index is 12.2. The number of hydrogen-bond donors (Lipinski definition) is 0. The van der Waals surface area contributed by atoms with E-state index in [1.54, 1.807) is 36.4 Å². The first-order valence-corrected chi connectivity index (χ1v) is 8.09. The highest BCUT2D eigenvalue weighted by atomic mass is 32.2. The van der Waals surface area contributed by atoms with Gasteiger partial charge in [-0.1, -0.05) is 11.3 Å². The maximum absolute atomic E-state index is 12.2. The number of rotatable bonds is 4. The van der Waals surface area contributed by atoms with Crippen LogP contribution in [0.5, 0.6) is 11.5 Å². The average Bonchev–Trinajstić information content (AvgIpc) is 3.15. The number of carbonyl (C=O) groups is 1. The van der Waals surface area contributed by atoms with Gasteiger partial charge in [0.05, 0.1) is 20.0 Å². The average molecular weight is 323 g/mol. The van der Waals surface area contributed by atoms with Crippen LogP contribution in [0.3, 0.4) is 0 Å². The van der Waals surface area contributed by atoms with Gasteiger partial charge in [-0.25, -0.2) is 0 Å². The molecule has 6 nitrogen and oxygen atoms in total. The molecule has 0 radical (unpaired) electrons. The Hall–Kier alpha value is -1.80. The van der Waals surface area contributed by atoms with E-state index in [0.29, 0.717) is 22.4 Å². The third-order valence-electron chi connectivity index (χ3n) is 3.13. The first kappa shape index (κ1) is 14.2. The fraction of sp³-hybridized carbons (Fsp3) is 0.308. The minimum Gasteiger partial charge on any atom is -0.497 e. The van der Waals surface area contributed by atoms with Crippen molar-refractivity contribution in [2.24, 2.45) is 0 Å². The number of anilines is 1. The summed E-state index contributed by atoms with van der Waals surface area (Å²) in [6.45, 7) is 0. The summed E-state index contributed by atoms with van der Waals surface area (Å²) < 4.78 is 10.6. The van der Waals surface area contributed by atoms with Gasteiger partial charge in [0, 0.05) is 11.6 Å². The summed E-state index contributed by atoms with van der Waals surface area (Å²) in [6.07, 6.45) is 0. The van der Waals surface area contributed by atoms with Crippen molar-refractivity contribution in [1.82, 2.24) is 10.2 Å². The Balaban J connectivity index is 2.01. The lowest BCUT2D eigenvalue weighted by molar-refractivity contribution is -0.115. The Kier molecular flexibility index (Phi) is 3.98. The van der Waals surface area contributed by atoms with E-state index >= 15 is 0 Å². The molecule has 2 heterocycles. The second kappa shape index (κ2) is 5.90. The number of nitrogens with zero attached hydrogens (tertiary/aromatic N) is 3. The highest BCUT2D eigenvalue weighted by molar-refractivity contribution is 8.00. The van der Waals surface area contributed by atoms with Crippen molar-refractivity contribution in [2.45, 2.75) is 5.37 Å². The molecule has 0 unspecified atom stereocenters. The smallest absolute Gasteiger partial charge is 0.240 e. The fourth-order valence-electron chi connectivity index (χ4n) is 2.16. The SMILES string of the molecule is COc1ccc([C@@H]2SCC(=O)N2c2nncs2)c(OC)c1. The minimum absolute atomic E-state index is 0.0274. The number of aromatic nitrogens is 2. The van der Waals surface area contributed by atoms with Gasteiger partial charge in [-0.3, -0.25) is 9.69 Å². The zero-order chi connectivity index (χ0) is 14.8. The number of amides is 1. The van der Waals surface area contributed by atoms with Crippen molar-refractivity contribution in [3.8, 4) is 11.5 Å². The van der Waals surface area contributed by atoms with E-state index in [1.165, 1.54) is 11.3 Å². The van der Waals surface area contributed by atoms with Crippen LogP contribution in [0.25, 0.3) is 0 Å². The molecule has 1 aromatic heterocycles. The number of methoxy groups -OCH3 is 2. The predicted molar refractivity (Wildman–Crippen MR) is 82.1 cm³/mol. The van der Waals surface area contributed by atoms with Crippen molar-refractivity contribution in [3.05, 3.63) is 29.3 Å². The molecule has 1 fully saturated rings. The van der Waals surface area contributed by atoms with Crippen molar-refractivity contribution in [1.29, 1.82) is 0 Å². The molecular formula is C13H13N3O3S2. The molecule has 1 aliphatic rings. The zero-order valence-electron chi connectivity index (χ0n) is 11.5. The molecular weight excluding hydrogens is 310 g/mol. The second-order valence-corrected chi connectivity index (χ2v) is 6.14. The van der Waals surface area contributed by atoms with E-state index in [4.69, 9.17) is 9.47 Å². The number of benzene rings is 1. The van der Waals surface area contributed by atoms with Gasteiger partial charge in [-0.05, 0) is 12.1 Å². The number of hydrogen-bond acceptors (Lipinski definition) is 7. The second-order valence-electron chi connectivity index (χ2n) is 4.26. The van der Waals surface area contributed by atoms with E-state index in [9.17, 15) is 4.79 Å². The molecule has 1 aliphatic heterocycles. The molecule has 1 atom stereocenters. The van der Waals surface area contributed by atoms with Gasteiger partial charge >= 0.3 is 0 Å². The molecule has 3 rings (SSSR count). The van der Waals surface area contributed by atoms with Crippen LogP contribution in [0, 0.1) is 0 Å². The van der Waals surface area contributed by atoms with Crippen LogP contribution in [0.1, 0.15) is 10.9 Å². The number of carbonyl (C=O) groups excluding carboxylic acids is 1. The topological polar surface area (TPSA) is 64.5 Å². The van der Waals surface area contributed by atoms with Crippen LogP contribution in [-0.4, -0.2) is 36.1 Å². The number of ether oxygens (including phenoxy) is 2. The van der Waals surface area contributed by atoms with Gasteiger partial charge in [0.25, 0.3) is 0 Å². The Morgan fingerprint density at radius 1 is 1.33 bits per heavy atom. The Bertz CT molecular complexity index is 648. The molecule has 0 saturated carbocycles. The van der Waals surface area contributed by atoms with E-state index in [0.717, 1.165) is 5.56 Å². The van der Waals surface area contributed by atoms with Gasteiger partial charge in [-0.2, -0.15) is 0 Å². The quantitative estimate of drug-likeness (QED) is 0.860. The van der Waals surface area contributed by atoms with Crippen LogP contribution in [0.2, 0.25) is 0 Å². The van der Waals surface area contributed by atoms with Crippen LogP contribution in [-0.2, 0) is 4.79 Å². The van der Waals surface area contributed by atoms with Crippen molar-refractivity contribution < 1.29 is 14.3 Å². The standard InChI is InChI=1S/C13H13N3O3S2/c1-18-8-3-4-9(10(5-8)19-2)12-16(11(17)6-20-12)13-15-14-7-21-13/h3-5,7,12H,6H2,1-2H3/t12-/m0/s1. The van der Waals surface area contributed by atoms with Gasteiger partial charge in [0.2, 0.25) is 11.0 Å². The van der Waals surface area contributed by atoms with Crippen molar-refractivity contribution in [2.75, 3.05) is 24.9 Å². The van der Waals surface area contributed by atoms with Crippen molar-refractivity contribution in [3.63, 3.8) is 0 Å². The molecule has 1 aromatic carbocycles. The Labute approximate surface area is 130 Å². The van der Waals surface area contributed by atoms with E-state index in [2.05, 4.69) is 10.2 Å². The van der Waals surface area contributed by atoms with Crippen LogP contribution in [0.4, 0.5) is 5.13 Å². The monoisotopic (exact) mass is 323 g/mol. The summed E-state index contributed by atoms with van der Waals surface area (Å²) in [7, 11) is 3.21. The van der Waals surface area contributed by atoms with E-state index in [-0.39, 0.29) is 11.3 Å². The van der Waals surface area contributed by atoms with Crippen molar-refractivity contribution >= 4 is 34.1 Å². The first-order valence-electron chi connectivity index (χ1n) is 6.16. The molecule has 8 heteroatoms. The zero-order valence-corrected chi connectivity index (χ0v) is 13.1. The third-order valence-corrected chi connectivity index (χ3v) is 5.01. The Morgan fingerprint density at radius 2 is 2.19 bits per heavy atom. The molecule has 0 bridgehead atoms. The largest absolute Gasteiger partial charge is 0.497 e. The highest BCUT2D eigenvalue weighted by Gasteiger charge is 2.37. The lowest BCUT2D eigenvalue weighted by Gasteiger charge is -2.23. The molecule has 2 aromatic rings. The molecule has 0 spiro atoms. The maximum Gasteiger partial charge on any atom is 0.240 e. The summed E-state index contributed by atoms with van der Waals surface area (Å²) in [5, 5.41) is 8.27. The van der Waals surface area contributed by atoms with Gasteiger partial charge in [0.15, 0.2) is 0 Å². The van der Waals surface area contributed by atoms with Gasteiger partial charge < -0.3 is 9.47 Å². The first-order chi connectivity index (χ1) is 10.2. The Morgan fingerprint density at radius 3 is 2.86 bits per heavy atom. The van der Waals surface area contributed by atoms with Crippen LogP contribution < -0.4 is 14.4 Å². The molecule has 1 amide bonds. The van der Waals surface area contributed by atoms with Gasteiger partial charge in [0.1, 0.15) is 22.4 Å². The summed E-state index contributed by atoms with van der Waals surface area (Å²) in [6, 6.07) is 5.60. The lowest BCUT2D eigenvalue weighted by Crippen LogP contribution is -2.27. The normalized spacial score (nSPS) is 18.1. The summed E-state index contributed by atoms with van der Waals surface area (Å²) >= 11 is 2.89. The minimum atomic E-state index is -0.161. The predicted octanol–water partition coefficient (Wildman–Crippen LogP) is 2.33. The van der Waals surface area contributed by atoms with Crippen LogP contribution in [0.15, 0.2) is 23.7 Å². The highest BCUT2D eigenvalue weighted by Crippen LogP contribution is 2.45. The van der Waals surface area contributed by atoms with Gasteiger partial charge in [-0.15, -0.1) is 22.0 Å². The molecule has 1 saturated heterocycles. The summed E-state index contributed by atoms with van der Waals surface area (Å²) in [5.41, 5.74) is 2.54. The molecule has 21 heavy (non-hydrogen) atoms. The van der Waals surface area contributed by atoms with E-state index < -0.39 is 0 Å². The molecule has 0 N–H and O–H groups in total. The summed E-state index contributed by atoms with van der Waals surface area (Å²) in [4.78, 5) is 13.8. The molecule has 0 aliphatic carbocycles. The summed E-state index contributed by atoms with van der Waals surface area (Å²) in [5.74, 6) is 1.85. The van der Waals surface area contributed by atoms with E-state index in [1.807, 2.05) is 18.2 Å². The molecule has 110 valence electrons. The number of thioether (sulfide) groups is 1. The van der Waals surface area contributed by atoms with Crippen LogP contribution >= 0.6 is 23.1 Å². The third kappa shape index (κ3) is 2.56. The lowest BCUT2D eigenvalue weighted by atomic mass is 10.1.